The number of aryl methyl sites for hydroxylation is 1. The largest absolute Gasteiger partial charge is 0.459 e. The molecule has 1 N–H and O–H groups in total. The second-order valence-corrected chi connectivity index (χ2v) is 10.1. The monoisotopic (exact) mass is 468 g/mol. The number of nitrogens with one attached hydrogen (secondary N) is 1. The van der Waals surface area contributed by atoms with Crippen molar-refractivity contribution in [2.75, 3.05) is 36.0 Å². The van der Waals surface area contributed by atoms with Gasteiger partial charge in [0.2, 0.25) is 6.29 Å². The number of ether oxygens (including phenoxy) is 2. The van der Waals surface area contributed by atoms with E-state index in [1.54, 1.807) is 12.5 Å². The van der Waals surface area contributed by atoms with E-state index in [9.17, 15) is 5.26 Å². The smallest absolute Gasteiger partial charge is 0.242 e. The van der Waals surface area contributed by atoms with Crippen LogP contribution in [-0.2, 0) is 9.47 Å². The number of fused-ring (bicyclic) bond motifs is 1. The summed E-state index contributed by atoms with van der Waals surface area (Å²) in [6.07, 6.45) is 9.53. The van der Waals surface area contributed by atoms with Crippen molar-refractivity contribution < 1.29 is 9.47 Å². The number of nitrogens with zero attached hydrogens (tertiary/aromatic N) is 3. The molecule has 6 nitrogen and oxygen atoms in total. The molecule has 0 bridgehead atoms. The normalized spacial score (nSPS) is 19.7. The van der Waals surface area contributed by atoms with E-state index in [0.717, 1.165) is 73.9 Å². The third kappa shape index (κ3) is 4.10. The lowest BCUT2D eigenvalue weighted by Gasteiger charge is -2.36. The number of nitriles is 1. The van der Waals surface area contributed by atoms with Crippen LogP contribution >= 0.6 is 0 Å². The zero-order valence-electron chi connectivity index (χ0n) is 20.2. The van der Waals surface area contributed by atoms with E-state index in [-0.39, 0.29) is 6.29 Å². The van der Waals surface area contributed by atoms with Crippen molar-refractivity contribution >= 4 is 22.3 Å². The van der Waals surface area contributed by atoms with Crippen LogP contribution in [0.15, 0.2) is 55.1 Å². The second kappa shape index (κ2) is 9.22. The van der Waals surface area contributed by atoms with Crippen LogP contribution < -0.4 is 9.80 Å². The summed E-state index contributed by atoms with van der Waals surface area (Å²) in [5.41, 5.74) is 6.96. The number of hydrogen-bond donors (Lipinski definition) is 1. The van der Waals surface area contributed by atoms with Gasteiger partial charge in [-0.2, -0.15) is 5.26 Å². The highest BCUT2D eigenvalue weighted by molar-refractivity contribution is 5.97. The fourth-order valence-corrected chi connectivity index (χ4v) is 6.07. The molecule has 2 fully saturated rings. The lowest BCUT2D eigenvalue weighted by molar-refractivity contribution is -0.0728. The average molecular weight is 469 g/mol. The number of piperidine rings is 2. The molecule has 3 aliphatic rings. The van der Waals surface area contributed by atoms with Gasteiger partial charge in [-0.15, -0.1) is 0 Å². The number of rotatable bonds is 4. The molecule has 0 unspecified atom stereocenters. The summed E-state index contributed by atoms with van der Waals surface area (Å²) in [6, 6.07) is 16.0. The Morgan fingerprint density at radius 3 is 2.26 bits per heavy atom. The minimum absolute atomic E-state index is 0.0909. The minimum Gasteiger partial charge on any atom is -0.459 e. The summed E-state index contributed by atoms with van der Waals surface area (Å²) in [5.74, 6) is 1.06. The Hall–Kier alpha value is -3.59. The number of aromatic amines is 1. The number of benzene rings is 2. The van der Waals surface area contributed by atoms with Crippen molar-refractivity contribution in [1.82, 2.24) is 4.98 Å². The van der Waals surface area contributed by atoms with Crippen molar-refractivity contribution in [2.24, 2.45) is 5.92 Å². The first kappa shape index (κ1) is 21.9. The molecule has 180 valence electrons. The Labute approximate surface area is 206 Å². The van der Waals surface area contributed by atoms with E-state index in [0.29, 0.717) is 11.8 Å². The van der Waals surface area contributed by atoms with Crippen LogP contribution in [0.2, 0.25) is 0 Å². The fourth-order valence-electron chi connectivity index (χ4n) is 6.07. The van der Waals surface area contributed by atoms with Gasteiger partial charge >= 0.3 is 0 Å². The maximum atomic E-state index is 9.47. The van der Waals surface area contributed by atoms with Crippen LogP contribution in [0.5, 0.6) is 0 Å². The van der Waals surface area contributed by atoms with Crippen LogP contribution in [-0.4, -0.2) is 37.5 Å². The maximum Gasteiger partial charge on any atom is 0.242 e. The maximum absolute atomic E-state index is 9.47. The van der Waals surface area contributed by atoms with Gasteiger partial charge in [0.25, 0.3) is 0 Å². The van der Waals surface area contributed by atoms with Crippen LogP contribution in [0.3, 0.4) is 0 Å². The van der Waals surface area contributed by atoms with Gasteiger partial charge in [0, 0.05) is 49.4 Å². The molecule has 1 aromatic heterocycles. The first-order chi connectivity index (χ1) is 17.2. The SMILES string of the molecule is Cc1ccc(N2CCC(c3ccc(N4CCC(C5OC=CO5)CC4)cc3)CC2)c2[nH]cc(C#N)c12. The molecule has 0 amide bonds. The van der Waals surface area contributed by atoms with Crippen LogP contribution in [0, 0.1) is 24.2 Å². The van der Waals surface area contributed by atoms with Crippen molar-refractivity contribution in [3.8, 4) is 6.07 Å². The minimum atomic E-state index is -0.0909. The number of hydrogen-bond acceptors (Lipinski definition) is 5. The number of H-pyrrole nitrogens is 1. The summed E-state index contributed by atoms with van der Waals surface area (Å²) < 4.78 is 11.1. The molecule has 0 radical (unpaired) electrons. The molecule has 0 saturated carbocycles. The number of aromatic nitrogens is 1. The molecular weight excluding hydrogens is 436 g/mol. The summed E-state index contributed by atoms with van der Waals surface area (Å²) in [4.78, 5) is 8.32. The number of anilines is 2. The Bertz CT molecular complexity index is 1250. The van der Waals surface area contributed by atoms with Crippen LogP contribution in [0.1, 0.15) is 48.3 Å². The zero-order chi connectivity index (χ0) is 23.8. The van der Waals surface area contributed by atoms with E-state index in [1.165, 1.54) is 16.9 Å². The fraction of sp³-hybridized carbons (Fsp3) is 0.414. The van der Waals surface area contributed by atoms with Gasteiger partial charge < -0.3 is 24.3 Å². The molecule has 0 atom stereocenters. The quantitative estimate of drug-likeness (QED) is 0.525. The molecule has 2 saturated heterocycles. The summed E-state index contributed by atoms with van der Waals surface area (Å²) in [5, 5.41) is 10.5. The predicted molar refractivity (Wildman–Crippen MR) is 138 cm³/mol. The van der Waals surface area contributed by atoms with E-state index in [4.69, 9.17) is 9.47 Å². The lowest BCUT2D eigenvalue weighted by Crippen LogP contribution is -2.38. The third-order valence-electron chi connectivity index (χ3n) is 8.11. The Balaban J connectivity index is 1.07. The van der Waals surface area contributed by atoms with Gasteiger partial charge in [0.1, 0.15) is 18.6 Å². The summed E-state index contributed by atoms with van der Waals surface area (Å²) in [6.45, 7) is 6.22. The van der Waals surface area contributed by atoms with Gasteiger partial charge in [-0.25, -0.2) is 0 Å². The van der Waals surface area contributed by atoms with Crippen LogP contribution in [0.4, 0.5) is 11.4 Å². The predicted octanol–water partition coefficient (Wildman–Crippen LogP) is 5.79. The highest BCUT2D eigenvalue weighted by Crippen LogP contribution is 2.36. The van der Waals surface area contributed by atoms with Crippen molar-refractivity contribution in [3.05, 3.63) is 71.8 Å². The van der Waals surface area contributed by atoms with Gasteiger partial charge in [-0.3, -0.25) is 0 Å². The molecular formula is C29H32N4O2. The topological polar surface area (TPSA) is 64.5 Å². The summed E-state index contributed by atoms with van der Waals surface area (Å²) >= 11 is 0. The Morgan fingerprint density at radius 1 is 0.886 bits per heavy atom. The molecule has 3 aliphatic heterocycles. The molecule has 6 rings (SSSR count). The zero-order valence-corrected chi connectivity index (χ0v) is 20.2. The van der Waals surface area contributed by atoms with Crippen molar-refractivity contribution in [1.29, 1.82) is 5.26 Å². The van der Waals surface area contributed by atoms with Crippen LogP contribution in [0.25, 0.3) is 10.9 Å². The second-order valence-electron chi connectivity index (χ2n) is 10.1. The highest BCUT2D eigenvalue weighted by atomic mass is 16.7. The van der Waals surface area contributed by atoms with E-state index < -0.39 is 0 Å². The first-order valence-electron chi connectivity index (χ1n) is 12.8. The molecule has 2 aromatic carbocycles. The average Bonchev–Trinajstić information content (AvgIpc) is 3.61. The van der Waals surface area contributed by atoms with E-state index >= 15 is 0 Å². The molecule has 6 heteroatoms. The lowest BCUT2D eigenvalue weighted by atomic mass is 9.88. The van der Waals surface area contributed by atoms with Gasteiger partial charge in [-0.1, -0.05) is 18.2 Å². The summed E-state index contributed by atoms with van der Waals surface area (Å²) in [7, 11) is 0. The molecule has 4 heterocycles. The Kier molecular flexibility index (Phi) is 5.77. The molecule has 35 heavy (non-hydrogen) atoms. The molecule has 0 aliphatic carbocycles. The van der Waals surface area contributed by atoms with Gasteiger partial charge in [-0.05, 0) is 67.9 Å². The van der Waals surface area contributed by atoms with Gasteiger partial charge in [0.15, 0.2) is 0 Å². The standard InChI is InChI=1S/C29H32N4O2/c1-20-2-7-26(28-27(20)24(18-30)19-31-28)33-14-8-22(9-15-33)21-3-5-25(6-4-21)32-12-10-23(11-13-32)29-34-16-17-35-29/h2-7,16-17,19,22-23,29,31H,8-15H2,1H3. The first-order valence-corrected chi connectivity index (χ1v) is 12.8. The molecule has 0 spiro atoms. The third-order valence-corrected chi connectivity index (χ3v) is 8.11. The van der Waals surface area contributed by atoms with Crippen molar-refractivity contribution in [2.45, 2.75) is 44.8 Å². The van der Waals surface area contributed by atoms with Crippen molar-refractivity contribution in [3.63, 3.8) is 0 Å². The Morgan fingerprint density at radius 2 is 1.57 bits per heavy atom. The highest BCUT2D eigenvalue weighted by Gasteiger charge is 2.30. The molecule has 3 aromatic rings. The van der Waals surface area contributed by atoms with Gasteiger partial charge in [0.05, 0.1) is 16.8 Å². The van der Waals surface area contributed by atoms with E-state index in [2.05, 4.69) is 64.2 Å². The van der Waals surface area contributed by atoms with E-state index in [1.807, 2.05) is 6.20 Å².